The van der Waals surface area contributed by atoms with Gasteiger partial charge in [-0.05, 0) is 42.8 Å². The van der Waals surface area contributed by atoms with E-state index in [0.29, 0.717) is 11.0 Å². The molecule has 0 unspecified atom stereocenters. The lowest BCUT2D eigenvalue weighted by Gasteiger charge is -2.11. The van der Waals surface area contributed by atoms with Gasteiger partial charge in [0, 0.05) is 22.6 Å². The molecule has 22 heavy (non-hydrogen) atoms. The third-order valence-electron chi connectivity index (χ3n) is 3.25. The Bertz CT molecular complexity index is 771. The van der Waals surface area contributed by atoms with E-state index in [-0.39, 0.29) is 0 Å². The van der Waals surface area contributed by atoms with Gasteiger partial charge in [0.1, 0.15) is 5.82 Å². The number of hydrogen-bond donors (Lipinski definition) is 2. The standard InChI is InChI=1S/C17H17ClN4/c1-2-11-19-16-14-5-3-4-6-15(14)21-17(22-16)20-13-9-7-12(18)8-10-13/h3-10H,2,11H2,1H3,(H2,19,20,21,22). The molecular weight excluding hydrogens is 296 g/mol. The van der Waals surface area contributed by atoms with Crippen molar-refractivity contribution in [2.24, 2.45) is 0 Å². The number of hydrogen-bond acceptors (Lipinski definition) is 4. The van der Waals surface area contributed by atoms with E-state index in [0.717, 1.165) is 35.4 Å². The van der Waals surface area contributed by atoms with Gasteiger partial charge in [-0.2, -0.15) is 4.98 Å². The van der Waals surface area contributed by atoms with Crippen LogP contribution in [-0.2, 0) is 0 Å². The SMILES string of the molecule is CCCNc1nc(Nc2ccc(Cl)cc2)nc2ccccc12. The second-order valence-electron chi connectivity index (χ2n) is 4.97. The summed E-state index contributed by atoms with van der Waals surface area (Å²) in [6, 6.07) is 15.5. The Hall–Kier alpha value is -2.33. The average Bonchev–Trinajstić information content (AvgIpc) is 2.55. The number of aromatic nitrogens is 2. The molecule has 3 rings (SSSR count). The first-order valence-corrected chi connectivity index (χ1v) is 7.67. The van der Waals surface area contributed by atoms with Crippen LogP contribution >= 0.6 is 11.6 Å². The van der Waals surface area contributed by atoms with Gasteiger partial charge >= 0.3 is 0 Å². The maximum absolute atomic E-state index is 5.91. The molecule has 2 aromatic carbocycles. The number of halogens is 1. The molecule has 0 aliphatic rings. The fourth-order valence-corrected chi connectivity index (χ4v) is 2.30. The van der Waals surface area contributed by atoms with Crippen LogP contribution in [0.2, 0.25) is 5.02 Å². The van der Waals surface area contributed by atoms with Crippen molar-refractivity contribution in [1.82, 2.24) is 9.97 Å². The van der Waals surface area contributed by atoms with Crippen molar-refractivity contribution in [3.8, 4) is 0 Å². The Morgan fingerprint density at radius 3 is 2.55 bits per heavy atom. The van der Waals surface area contributed by atoms with Crippen LogP contribution in [0.15, 0.2) is 48.5 Å². The molecule has 112 valence electrons. The number of nitrogens with one attached hydrogen (secondary N) is 2. The van der Waals surface area contributed by atoms with Crippen molar-refractivity contribution in [3.05, 3.63) is 53.6 Å². The predicted molar refractivity (Wildman–Crippen MR) is 93.1 cm³/mol. The number of fused-ring (bicyclic) bond motifs is 1. The molecular formula is C17H17ClN4. The summed E-state index contributed by atoms with van der Waals surface area (Å²) in [6.45, 7) is 3.00. The quantitative estimate of drug-likeness (QED) is 0.707. The molecule has 0 bridgehead atoms. The first kappa shape index (κ1) is 14.6. The lowest BCUT2D eigenvalue weighted by molar-refractivity contribution is 0.970. The van der Waals surface area contributed by atoms with E-state index in [1.165, 1.54) is 0 Å². The van der Waals surface area contributed by atoms with Crippen molar-refractivity contribution in [1.29, 1.82) is 0 Å². The van der Waals surface area contributed by atoms with Crippen LogP contribution in [0, 0.1) is 0 Å². The fourth-order valence-electron chi connectivity index (χ4n) is 2.17. The van der Waals surface area contributed by atoms with Crippen LogP contribution in [0.1, 0.15) is 13.3 Å². The van der Waals surface area contributed by atoms with Gasteiger partial charge in [-0.3, -0.25) is 0 Å². The van der Waals surface area contributed by atoms with Gasteiger partial charge in [-0.1, -0.05) is 30.7 Å². The van der Waals surface area contributed by atoms with E-state index in [1.807, 2.05) is 48.5 Å². The molecule has 0 saturated carbocycles. The Labute approximate surface area is 134 Å². The van der Waals surface area contributed by atoms with Gasteiger partial charge in [0.15, 0.2) is 0 Å². The highest BCUT2D eigenvalue weighted by molar-refractivity contribution is 6.30. The van der Waals surface area contributed by atoms with Crippen molar-refractivity contribution in [2.45, 2.75) is 13.3 Å². The molecule has 2 N–H and O–H groups in total. The third kappa shape index (κ3) is 3.28. The number of nitrogens with zero attached hydrogens (tertiary/aromatic N) is 2. The second kappa shape index (κ2) is 6.62. The van der Waals surface area contributed by atoms with E-state index < -0.39 is 0 Å². The van der Waals surface area contributed by atoms with E-state index in [9.17, 15) is 0 Å². The lowest BCUT2D eigenvalue weighted by Crippen LogP contribution is -2.06. The monoisotopic (exact) mass is 312 g/mol. The van der Waals surface area contributed by atoms with Crippen molar-refractivity contribution in [3.63, 3.8) is 0 Å². The van der Waals surface area contributed by atoms with E-state index >= 15 is 0 Å². The maximum Gasteiger partial charge on any atom is 0.229 e. The van der Waals surface area contributed by atoms with Crippen LogP contribution in [0.3, 0.4) is 0 Å². The Balaban J connectivity index is 1.96. The summed E-state index contributed by atoms with van der Waals surface area (Å²) < 4.78 is 0. The Morgan fingerprint density at radius 1 is 1.00 bits per heavy atom. The predicted octanol–water partition coefficient (Wildman–Crippen LogP) is 4.85. The average molecular weight is 313 g/mol. The zero-order chi connectivity index (χ0) is 15.4. The molecule has 1 aromatic heterocycles. The summed E-state index contributed by atoms with van der Waals surface area (Å²) in [6.07, 6.45) is 1.04. The minimum absolute atomic E-state index is 0.569. The number of para-hydroxylation sites is 1. The molecule has 0 saturated heterocycles. The van der Waals surface area contributed by atoms with E-state index in [2.05, 4.69) is 27.5 Å². The van der Waals surface area contributed by atoms with Gasteiger partial charge < -0.3 is 10.6 Å². The largest absolute Gasteiger partial charge is 0.369 e. The van der Waals surface area contributed by atoms with Gasteiger partial charge in [0.25, 0.3) is 0 Å². The molecule has 0 radical (unpaired) electrons. The first-order valence-electron chi connectivity index (χ1n) is 7.29. The minimum atomic E-state index is 0.569. The summed E-state index contributed by atoms with van der Waals surface area (Å²) in [5.41, 5.74) is 1.81. The summed E-state index contributed by atoms with van der Waals surface area (Å²) in [5.74, 6) is 1.42. The van der Waals surface area contributed by atoms with Crippen LogP contribution < -0.4 is 10.6 Å². The summed E-state index contributed by atoms with van der Waals surface area (Å²) in [4.78, 5) is 9.16. The zero-order valence-electron chi connectivity index (χ0n) is 12.3. The highest BCUT2D eigenvalue weighted by Gasteiger charge is 2.07. The normalized spacial score (nSPS) is 10.6. The van der Waals surface area contributed by atoms with Crippen molar-refractivity contribution < 1.29 is 0 Å². The van der Waals surface area contributed by atoms with E-state index in [1.54, 1.807) is 0 Å². The Kier molecular flexibility index (Phi) is 4.39. The molecule has 0 spiro atoms. The topological polar surface area (TPSA) is 49.8 Å². The van der Waals surface area contributed by atoms with Gasteiger partial charge in [-0.25, -0.2) is 4.98 Å². The summed E-state index contributed by atoms with van der Waals surface area (Å²) in [7, 11) is 0. The minimum Gasteiger partial charge on any atom is -0.369 e. The Morgan fingerprint density at radius 2 is 1.77 bits per heavy atom. The van der Waals surface area contributed by atoms with Gasteiger partial charge in [-0.15, -0.1) is 0 Å². The summed E-state index contributed by atoms with van der Waals surface area (Å²) in [5, 5.41) is 8.31. The molecule has 3 aromatic rings. The number of benzene rings is 2. The van der Waals surface area contributed by atoms with Crippen LogP contribution in [0.5, 0.6) is 0 Å². The van der Waals surface area contributed by atoms with Gasteiger partial charge in [0.2, 0.25) is 5.95 Å². The lowest BCUT2D eigenvalue weighted by atomic mass is 10.2. The molecule has 5 heteroatoms. The number of anilines is 3. The van der Waals surface area contributed by atoms with Crippen molar-refractivity contribution >= 4 is 40.0 Å². The highest BCUT2D eigenvalue weighted by atomic mass is 35.5. The molecule has 0 aliphatic heterocycles. The molecule has 4 nitrogen and oxygen atoms in total. The molecule has 0 atom stereocenters. The molecule has 0 amide bonds. The smallest absolute Gasteiger partial charge is 0.229 e. The zero-order valence-corrected chi connectivity index (χ0v) is 13.1. The second-order valence-corrected chi connectivity index (χ2v) is 5.41. The molecule has 0 fully saturated rings. The fraction of sp³-hybridized carbons (Fsp3) is 0.176. The van der Waals surface area contributed by atoms with Crippen molar-refractivity contribution in [2.75, 3.05) is 17.2 Å². The molecule has 0 aliphatic carbocycles. The van der Waals surface area contributed by atoms with Crippen LogP contribution in [0.4, 0.5) is 17.5 Å². The van der Waals surface area contributed by atoms with Crippen LogP contribution in [-0.4, -0.2) is 16.5 Å². The number of rotatable bonds is 5. The molecule has 1 heterocycles. The summed E-state index contributed by atoms with van der Waals surface area (Å²) >= 11 is 5.91. The highest BCUT2D eigenvalue weighted by Crippen LogP contribution is 2.24. The van der Waals surface area contributed by atoms with Crippen LogP contribution in [0.25, 0.3) is 10.9 Å². The van der Waals surface area contributed by atoms with Gasteiger partial charge in [0.05, 0.1) is 5.52 Å². The maximum atomic E-state index is 5.91. The van der Waals surface area contributed by atoms with E-state index in [4.69, 9.17) is 11.6 Å². The third-order valence-corrected chi connectivity index (χ3v) is 3.50. The first-order chi connectivity index (χ1) is 10.8.